The molecule has 2 saturated carbocycles. The molecule has 1 unspecified atom stereocenters. The summed E-state index contributed by atoms with van der Waals surface area (Å²) in [6.45, 7) is 1.65. The molecule has 2 aliphatic carbocycles. The molecular formula is C22H27FN4O4. The lowest BCUT2D eigenvalue weighted by atomic mass is 9.96. The van der Waals surface area contributed by atoms with E-state index in [1.165, 1.54) is 17.9 Å². The van der Waals surface area contributed by atoms with E-state index in [4.69, 9.17) is 10.5 Å². The highest BCUT2D eigenvalue weighted by Crippen LogP contribution is 2.49. The number of nitrogens with two attached hydrogens (primary N) is 1. The monoisotopic (exact) mass is 430 g/mol. The zero-order valence-corrected chi connectivity index (χ0v) is 17.7. The fourth-order valence-corrected chi connectivity index (χ4v) is 5.26. The van der Waals surface area contributed by atoms with E-state index in [0.29, 0.717) is 17.2 Å². The Morgan fingerprint density at radius 1 is 1.42 bits per heavy atom. The number of alkyl halides is 1. The van der Waals surface area contributed by atoms with Gasteiger partial charge in [-0.25, -0.2) is 9.18 Å². The summed E-state index contributed by atoms with van der Waals surface area (Å²) in [6.07, 6.45) is 3.76. The van der Waals surface area contributed by atoms with Gasteiger partial charge in [0.05, 0.1) is 29.7 Å². The molecular weight excluding hydrogens is 403 g/mol. The fraction of sp³-hybridized carbons (Fsp3) is 0.545. The van der Waals surface area contributed by atoms with E-state index < -0.39 is 29.2 Å². The van der Waals surface area contributed by atoms with Crippen LogP contribution in [0.3, 0.4) is 0 Å². The molecule has 1 aliphatic heterocycles. The van der Waals surface area contributed by atoms with Gasteiger partial charge in [-0.2, -0.15) is 0 Å². The summed E-state index contributed by atoms with van der Waals surface area (Å²) in [5, 5.41) is 13.0. The summed E-state index contributed by atoms with van der Waals surface area (Å²) in [4.78, 5) is 26.8. The second kappa shape index (κ2) is 6.85. The Morgan fingerprint density at radius 2 is 2.13 bits per heavy atom. The first-order valence-corrected chi connectivity index (χ1v) is 10.7. The van der Waals surface area contributed by atoms with E-state index in [9.17, 15) is 19.1 Å². The highest BCUT2D eigenvalue weighted by molar-refractivity contribution is 6.03. The molecule has 3 atom stereocenters. The number of anilines is 2. The smallest absolute Gasteiger partial charge is 0.341 e. The van der Waals surface area contributed by atoms with Gasteiger partial charge in [0.1, 0.15) is 11.7 Å². The SMILES string of the molecule is CNC1([C@@H]2CCN(c3cc(N)c4c(=O)c(C(=O)O)cn(C5C[C@@H]5F)c4c3OC)C2)CC1. The molecule has 2 heterocycles. The summed E-state index contributed by atoms with van der Waals surface area (Å²) in [6, 6.07) is 1.16. The molecule has 1 saturated heterocycles. The number of nitrogens with zero attached hydrogens (tertiary/aromatic N) is 2. The van der Waals surface area contributed by atoms with Gasteiger partial charge in [0.25, 0.3) is 0 Å². The number of hydrogen-bond acceptors (Lipinski definition) is 6. The maximum Gasteiger partial charge on any atom is 0.341 e. The molecule has 4 N–H and O–H groups in total. The molecule has 0 spiro atoms. The molecule has 0 amide bonds. The summed E-state index contributed by atoms with van der Waals surface area (Å²) in [7, 11) is 3.52. The van der Waals surface area contributed by atoms with Crippen LogP contribution in [-0.4, -0.2) is 54.6 Å². The van der Waals surface area contributed by atoms with E-state index in [2.05, 4.69) is 10.2 Å². The summed E-state index contributed by atoms with van der Waals surface area (Å²) >= 11 is 0. The third-order valence-corrected chi connectivity index (χ3v) is 7.33. The normalized spacial score (nSPS) is 26.3. The first-order chi connectivity index (χ1) is 14.8. The highest BCUT2D eigenvalue weighted by Gasteiger charge is 2.50. The molecule has 1 aromatic carbocycles. The van der Waals surface area contributed by atoms with E-state index in [1.807, 2.05) is 7.05 Å². The number of hydrogen-bond donors (Lipinski definition) is 3. The van der Waals surface area contributed by atoms with E-state index in [1.54, 1.807) is 6.07 Å². The van der Waals surface area contributed by atoms with Gasteiger partial charge in [-0.05, 0) is 38.3 Å². The minimum Gasteiger partial charge on any atom is -0.492 e. The third kappa shape index (κ3) is 2.97. The molecule has 2 aromatic rings. The molecule has 3 aliphatic rings. The Hall–Kier alpha value is -2.81. The number of methoxy groups -OCH3 is 1. The minimum absolute atomic E-state index is 0.0734. The van der Waals surface area contributed by atoms with E-state index in [-0.39, 0.29) is 23.0 Å². The summed E-state index contributed by atoms with van der Waals surface area (Å²) in [5.74, 6) is -0.426. The van der Waals surface area contributed by atoms with Gasteiger partial charge < -0.3 is 30.4 Å². The maximum absolute atomic E-state index is 14.1. The molecule has 3 fully saturated rings. The Bertz CT molecular complexity index is 1140. The number of halogens is 1. The van der Waals surface area contributed by atoms with Crippen molar-refractivity contribution in [3.05, 3.63) is 28.0 Å². The zero-order valence-electron chi connectivity index (χ0n) is 17.7. The van der Waals surface area contributed by atoms with Gasteiger partial charge >= 0.3 is 5.97 Å². The Balaban J connectivity index is 1.69. The van der Waals surface area contributed by atoms with Crippen LogP contribution in [0.15, 0.2) is 17.1 Å². The molecule has 9 heteroatoms. The molecule has 166 valence electrons. The van der Waals surface area contributed by atoms with Crippen molar-refractivity contribution in [2.45, 2.75) is 43.4 Å². The van der Waals surface area contributed by atoms with Crippen LogP contribution < -0.4 is 26.1 Å². The largest absolute Gasteiger partial charge is 0.492 e. The lowest BCUT2D eigenvalue weighted by molar-refractivity contribution is 0.0694. The van der Waals surface area contributed by atoms with E-state index >= 15 is 0 Å². The molecule has 31 heavy (non-hydrogen) atoms. The van der Waals surface area contributed by atoms with Crippen molar-refractivity contribution in [1.29, 1.82) is 0 Å². The van der Waals surface area contributed by atoms with Gasteiger partial charge in [-0.3, -0.25) is 4.79 Å². The number of pyridine rings is 1. The van der Waals surface area contributed by atoms with E-state index in [0.717, 1.165) is 38.0 Å². The predicted molar refractivity (Wildman–Crippen MR) is 116 cm³/mol. The van der Waals surface area contributed by atoms with Crippen molar-refractivity contribution < 1.29 is 19.0 Å². The number of nitrogen functional groups attached to an aromatic ring is 1. The van der Waals surface area contributed by atoms with Gasteiger partial charge in [0.2, 0.25) is 5.43 Å². The number of aromatic carboxylic acids is 1. The van der Waals surface area contributed by atoms with Crippen LogP contribution in [0, 0.1) is 5.92 Å². The second-order valence-electron chi connectivity index (χ2n) is 8.98. The number of benzene rings is 1. The topological polar surface area (TPSA) is 110 Å². The number of carbonyl (C=O) groups is 1. The van der Waals surface area contributed by atoms with Gasteiger partial charge in [0, 0.05) is 36.9 Å². The number of carboxylic acid groups (broad SMARTS) is 1. The molecule has 5 rings (SSSR count). The second-order valence-corrected chi connectivity index (χ2v) is 8.98. The van der Waals surface area contributed by atoms with Gasteiger partial charge in [0.15, 0.2) is 5.75 Å². The first-order valence-electron chi connectivity index (χ1n) is 10.7. The van der Waals surface area contributed by atoms with Crippen molar-refractivity contribution in [3.8, 4) is 5.75 Å². The van der Waals surface area contributed by atoms with Crippen LogP contribution in [0.2, 0.25) is 0 Å². The standard InChI is InChI=1S/C22H27FN4O4/c1-25-22(4-5-22)11-3-6-26(9-11)16-8-14(24)17-18(20(16)31-2)27(15-7-13(15)23)10-12(19(17)28)21(29)30/h8,10-11,13,15,25H,3-7,9,24H2,1-2H3,(H,29,30)/t11-,13+,15?/m1/s1. The lowest BCUT2D eigenvalue weighted by Gasteiger charge is -2.27. The molecule has 0 radical (unpaired) electrons. The Labute approximate surface area is 178 Å². The predicted octanol–water partition coefficient (Wildman–Crippen LogP) is 2.15. The number of aromatic nitrogens is 1. The van der Waals surface area contributed by atoms with Crippen LogP contribution in [0.5, 0.6) is 5.75 Å². The fourth-order valence-electron chi connectivity index (χ4n) is 5.26. The first kappa shape index (κ1) is 20.1. The quantitative estimate of drug-likeness (QED) is 0.603. The van der Waals surface area contributed by atoms with Crippen molar-refractivity contribution in [1.82, 2.24) is 9.88 Å². The number of fused-ring (bicyclic) bond motifs is 1. The van der Waals surface area contributed by atoms with Crippen LogP contribution >= 0.6 is 0 Å². The highest BCUT2D eigenvalue weighted by atomic mass is 19.1. The maximum atomic E-state index is 14.1. The van der Waals surface area contributed by atoms with Crippen LogP contribution in [0.1, 0.15) is 42.1 Å². The van der Waals surface area contributed by atoms with Crippen LogP contribution in [0.4, 0.5) is 15.8 Å². The zero-order chi connectivity index (χ0) is 22.1. The Kier molecular flexibility index (Phi) is 4.44. The van der Waals surface area contributed by atoms with Crippen LogP contribution in [0.25, 0.3) is 10.9 Å². The lowest BCUT2D eigenvalue weighted by Crippen LogP contribution is -2.37. The Morgan fingerprint density at radius 3 is 2.68 bits per heavy atom. The number of nitrogens with one attached hydrogen (secondary N) is 1. The van der Waals surface area contributed by atoms with Crippen LogP contribution in [-0.2, 0) is 0 Å². The minimum atomic E-state index is -1.36. The molecule has 8 nitrogen and oxygen atoms in total. The summed E-state index contributed by atoms with van der Waals surface area (Å²) in [5.41, 5.74) is 6.72. The molecule has 0 bridgehead atoms. The summed E-state index contributed by atoms with van der Waals surface area (Å²) < 4.78 is 21.3. The van der Waals surface area contributed by atoms with Crippen molar-refractivity contribution in [2.75, 3.05) is 37.9 Å². The number of ether oxygens (including phenoxy) is 1. The van der Waals surface area contributed by atoms with Gasteiger partial charge in [-0.1, -0.05) is 0 Å². The van der Waals surface area contributed by atoms with Crippen molar-refractivity contribution in [3.63, 3.8) is 0 Å². The number of rotatable bonds is 6. The third-order valence-electron chi connectivity index (χ3n) is 7.33. The van der Waals surface area contributed by atoms with Crippen molar-refractivity contribution in [2.24, 2.45) is 5.92 Å². The van der Waals surface area contributed by atoms with Gasteiger partial charge in [-0.15, -0.1) is 0 Å². The molecule has 1 aromatic heterocycles. The average Bonchev–Trinajstić information content (AvgIpc) is 3.64. The number of carboxylic acids is 1. The van der Waals surface area contributed by atoms with Crippen molar-refractivity contribution >= 4 is 28.2 Å². The average molecular weight is 430 g/mol.